The van der Waals surface area contributed by atoms with Gasteiger partial charge in [0.1, 0.15) is 17.0 Å². The van der Waals surface area contributed by atoms with Gasteiger partial charge in [0.15, 0.2) is 17.3 Å². The van der Waals surface area contributed by atoms with E-state index in [1.807, 2.05) is 26.8 Å². The zero-order chi connectivity index (χ0) is 27.1. The van der Waals surface area contributed by atoms with Crippen molar-refractivity contribution in [3.05, 3.63) is 42.7 Å². The minimum Gasteiger partial charge on any atom is -0.355 e. The predicted octanol–water partition coefficient (Wildman–Crippen LogP) is 5.46. The number of nitrogens with zero attached hydrogens (tertiary/aromatic N) is 6. The van der Waals surface area contributed by atoms with Crippen LogP contribution >= 0.6 is 0 Å². The van der Waals surface area contributed by atoms with E-state index < -0.39 is 5.82 Å². The molecule has 1 fully saturated rings. The summed E-state index contributed by atoms with van der Waals surface area (Å²) >= 11 is 0. The van der Waals surface area contributed by atoms with E-state index in [1.54, 1.807) is 24.7 Å². The number of nitrogens with one attached hydrogen (secondary N) is 3. The van der Waals surface area contributed by atoms with Crippen LogP contribution in [0.25, 0.3) is 44.7 Å². The lowest BCUT2D eigenvalue weighted by Gasteiger charge is -2.27. The molecule has 5 aromatic rings. The summed E-state index contributed by atoms with van der Waals surface area (Å²) in [5, 5.41) is 10.2. The fourth-order valence-corrected chi connectivity index (χ4v) is 5.04. The number of H-pyrrole nitrogens is 2. The van der Waals surface area contributed by atoms with E-state index in [0.29, 0.717) is 29.2 Å². The molecule has 39 heavy (non-hydrogen) atoms. The monoisotopic (exact) mass is 527 g/mol. The lowest BCUT2D eigenvalue weighted by atomic mass is 9.92. The third kappa shape index (κ3) is 4.91. The summed E-state index contributed by atoms with van der Waals surface area (Å²) in [5.74, 6) is 0.654. The number of aromatic amines is 2. The van der Waals surface area contributed by atoms with Gasteiger partial charge in [0.2, 0.25) is 5.91 Å². The summed E-state index contributed by atoms with van der Waals surface area (Å²) in [6.45, 7) is 7.85. The number of amides is 1. The Labute approximate surface area is 224 Å². The van der Waals surface area contributed by atoms with Gasteiger partial charge in [-0.2, -0.15) is 5.10 Å². The van der Waals surface area contributed by atoms with Crippen molar-refractivity contribution in [3.63, 3.8) is 0 Å². The lowest BCUT2D eigenvalue weighted by Crippen LogP contribution is -2.30. The molecule has 1 aliphatic rings. The quantitative estimate of drug-likeness (QED) is 0.277. The van der Waals surface area contributed by atoms with Crippen molar-refractivity contribution in [2.45, 2.75) is 46.5 Å². The molecule has 0 spiro atoms. The Morgan fingerprint density at radius 1 is 1.13 bits per heavy atom. The Kier molecular flexibility index (Phi) is 6.20. The highest BCUT2D eigenvalue weighted by molar-refractivity contribution is 5.96. The number of hydrogen-bond donors (Lipinski definition) is 3. The molecule has 0 atom stereocenters. The highest BCUT2D eigenvalue weighted by Gasteiger charge is 2.23. The van der Waals surface area contributed by atoms with Crippen LogP contribution in [0.15, 0.2) is 36.9 Å². The number of anilines is 2. The second kappa shape index (κ2) is 9.72. The van der Waals surface area contributed by atoms with E-state index >= 15 is 4.39 Å². The molecule has 5 aromatic heterocycles. The molecule has 0 radical (unpaired) electrons. The number of imidazole rings is 1. The number of hydrogen-bond acceptors (Lipinski definition) is 7. The van der Waals surface area contributed by atoms with Crippen LogP contribution in [0.1, 0.15) is 46.5 Å². The molecule has 11 heteroatoms. The Hall–Kier alpha value is -4.41. The normalized spacial score (nSPS) is 14.3. The van der Waals surface area contributed by atoms with Crippen LogP contribution in [0, 0.1) is 11.2 Å². The largest absolute Gasteiger partial charge is 0.355 e. The van der Waals surface area contributed by atoms with Crippen LogP contribution in [0.3, 0.4) is 0 Å². The number of piperidine rings is 1. The molecule has 6 rings (SSSR count). The topological polar surface area (TPSA) is 128 Å². The SMILES string of the molecule is CC(C)(C)CC(=O)Nc1cncc(-c2cnc3n[nH]c(-c4nc5c(N6CCCCC6)nccc5[nH]4)c3c2F)c1. The first-order valence-corrected chi connectivity index (χ1v) is 13.1. The van der Waals surface area contributed by atoms with Gasteiger partial charge in [0, 0.05) is 49.2 Å². The third-order valence-electron chi connectivity index (χ3n) is 6.82. The van der Waals surface area contributed by atoms with Gasteiger partial charge in [-0.05, 0) is 36.8 Å². The highest BCUT2D eigenvalue weighted by atomic mass is 19.1. The minimum absolute atomic E-state index is 0.129. The number of carbonyl (C=O) groups excluding carboxylic acids is 1. The standard InChI is InChI=1S/C28H30FN9O/c1-28(2,3)12-20(39)33-17-11-16(13-30-14-17)18-15-32-25-21(22(18)29)24(36-37-25)26-34-19-7-8-31-27(23(19)35-26)38-9-5-4-6-10-38/h7-8,11,13-15H,4-6,9-10,12H2,1-3H3,(H,33,39)(H,34,35)(H,32,36,37). The van der Waals surface area contributed by atoms with Gasteiger partial charge in [0.05, 0.1) is 22.8 Å². The molecule has 200 valence electrons. The Morgan fingerprint density at radius 2 is 1.95 bits per heavy atom. The average Bonchev–Trinajstić information content (AvgIpc) is 3.53. The van der Waals surface area contributed by atoms with Gasteiger partial charge in [-0.15, -0.1) is 0 Å². The van der Waals surface area contributed by atoms with E-state index in [2.05, 4.69) is 40.3 Å². The van der Waals surface area contributed by atoms with Crippen molar-refractivity contribution < 1.29 is 9.18 Å². The molecule has 0 bridgehead atoms. The zero-order valence-corrected chi connectivity index (χ0v) is 22.2. The molecule has 1 saturated heterocycles. The van der Waals surface area contributed by atoms with Gasteiger partial charge in [-0.3, -0.25) is 14.9 Å². The van der Waals surface area contributed by atoms with E-state index in [-0.39, 0.29) is 27.9 Å². The number of rotatable bonds is 5. The van der Waals surface area contributed by atoms with Gasteiger partial charge in [0.25, 0.3) is 0 Å². The molecule has 0 aliphatic carbocycles. The van der Waals surface area contributed by atoms with Crippen molar-refractivity contribution in [1.82, 2.24) is 35.1 Å². The van der Waals surface area contributed by atoms with E-state index in [0.717, 1.165) is 42.8 Å². The average molecular weight is 528 g/mol. The summed E-state index contributed by atoms with van der Waals surface area (Å²) in [5.41, 5.74) is 3.27. The number of aromatic nitrogens is 7. The van der Waals surface area contributed by atoms with E-state index in [9.17, 15) is 4.79 Å². The number of fused-ring (bicyclic) bond motifs is 2. The fraction of sp³-hybridized carbons (Fsp3) is 0.357. The maximum Gasteiger partial charge on any atom is 0.224 e. The Bertz CT molecular complexity index is 1680. The molecule has 6 heterocycles. The molecule has 1 aliphatic heterocycles. The Morgan fingerprint density at radius 3 is 2.74 bits per heavy atom. The maximum atomic E-state index is 16.1. The van der Waals surface area contributed by atoms with Crippen LogP contribution in [-0.4, -0.2) is 54.1 Å². The van der Waals surface area contributed by atoms with Gasteiger partial charge >= 0.3 is 0 Å². The van der Waals surface area contributed by atoms with Crippen molar-refractivity contribution in [2.75, 3.05) is 23.3 Å². The third-order valence-corrected chi connectivity index (χ3v) is 6.82. The summed E-state index contributed by atoms with van der Waals surface area (Å²) in [6.07, 6.45) is 10.1. The smallest absolute Gasteiger partial charge is 0.224 e. The van der Waals surface area contributed by atoms with Crippen molar-refractivity contribution in [2.24, 2.45) is 5.41 Å². The first-order chi connectivity index (χ1) is 18.8. The second-order valence-corrected chi connectivity index (χ2v) is 11.2. The molecule has 3 N–H and O–H groups in total. The fourth-order valence-electron chi connectivity index (χ4n) is 5.04. The van der Waals surface area contributed by atoms with Gasteiger partial charge in [-0.1, -0.05) is 20.8 Å². The highest BCUT2D eigenvalue weighted by Crippen LogP contribution is 2.34. The first kappa shape index (κ1) is 24.9. The summed E-state index contributed by atoms with van der Waals surface area (Å²) in [6, 6.07) is 3.56. The molecule has 1 amide bonds. The van der Waals surface area contributed by atoms with Crippen LogP contribution < -0.4 is 10.2 Å². The number of carbonyl (C=O) groups is 1. The van der Waals surface area contributed by atoms with Crippen molar-refractivity contribution in [1.29, 1.82) is 0 Å². The van der Waals surface area contributed by atoms with Gasteiger partial charge in [-0.25, -0.2) is 19.3 Å². The lowest BCUT2D eigenvalue weighted by molar-refractivity contribution is -0.117. The van der Waals surface area contributed by atoms with Gasteiger partial charge < -0.3 is 15.2 Å². The second-order valence-electron chi connectivity index (χ2n) is 11.2. The molecular weight excluding hydrogens is 497 g/mol. The van der Waals surface area contributed by atoms with Crippen LogP contribution in [0.5, 0.6) is 0 Å². The summed E-state index contributed by atoms with van der Waals surface area (Å²) < 4.78 is 16.1. The molecule has 0 unspecified atom stereocenters. The first-order valence-electron chi connectivity index (χ1n) is 13.1. The van der Waals surface area contributed by atoms with Crippen molar-refractivity contribution in [3.8, 4) is 22.6 Å². The molecule has 0 saturated carbocycles. The maximum absolute atomic E-state index is 16.1. The van der Waals surface area contributed by atoms with Crippen LogP contribution in [-0.2, 0) is 4.79 Å². The molecular formula is C28H30FN9O. The van der Waals surface area contributed by atoms with E-state index in [1.165, 1.54) is 12.6 Å². The van der Waals surface area contributed by atoms with Crippen LogP contribution in [0.2, 0.25) is 0 Å². The zero-order valence-electron chi connectivity index (χ0n) is 22.2. The summed E-state index contributed by atoms with van der Waals surface area (Å²) in [4.78, 5) is 36.0. The van der Waals surface area contributed by atoms with Crippen LogP contribution in [0.4, 0.5) is 15.9 Å². The van der Waals surface area contributed by atoms with E-state index in [4.69, 9.17) is 4.98 Å². The number of pyridine rings is 3. The Balaban J connectivity index is 1.37. The summed E-state index contributed by atoms with van der Waals surface area (Å²) in [7, 11) is 0. The number of halogens is 1. The van der Waals surface area contributed by atoms with Crippen molar-refractivity contribution >= 4 is 39.5 Å². The molecule has 0 aromatic carbocycles. The predicted molar refractivity (Wildman–Crippen MR) is 149 cm³/mol. The molecule has 10 nitrogen and oxygen atoms in total. The minimum atomic E-state index is -0.501.